The molecule has 3 rings (SSSR count). The van der Waals surface area contributed by atoms with Gasteiger partial charge in [-0.1, -0.05) is 11.6 Å². The molecule has 0 unspecified atom stereocenters. The van der Waals surface area contributed by atoms with Crippen molar-refractivity contribution in [3.8, 4) is 11.5 Å². The van der Waals surface area contributed by atoms with Crippen molar-refractivity contribution in [2.75, 3.05) is 51.3 Å². The number of benzene rings is 2. The summed E-state index contributed by atoms with van der Waals surface area (Å²) in [4.78, 5) is 4.63. The minimum atomic E-state index is -0.516. The summed E-state index contributed by atoms with van der Waals surface area (Å²) in [5.41, 5.74) is 1.21. The number of rotatable bonds is 7. The molecule has 0 saturated carbocycles. The summed E-state index contributed by atoms with van der Waals surface area (Å²) in [5, 5.41) is 10.9. The lowest BCUT2D eigenvalue weighted by Crippen LogP contribution is -2.49. The van der Waals surface area contributed by atoms with Crippen molar-refractivity contribution in [2.24, 2.45) is 0 Å². The molecule has 1 heterocycles. The van der Waals surface area contributed by atoms with Crippen LogP contribution in [-0.2, 0) is 0 Å². The number of hydrogen-bond donors (Lipinski definition) is 1. The summed E-state index contributed by atoms with van der Waals surface area (Å²) < 4.78 is 10.8. The van der Waals surface area contributed by atoms with Crippen molar-refractivity contribution in [1.29, 1.82) is 0 Å². The van der Waals surface area contributed by atoms with Gasteiger partial charge < -0.3 is 19.5 Å². The average Bonchev–Trinajstić information content (AvgIpc) is 2.68. The molecule has 26 heavy (non-hydrogen) atoms. The molecule has 2 aromatic carbocycles. The summed E-state index contributed by atoms with van der Waals surface area (Å²) >= 11 is 5.85. The highest BCUT2D eigenvalue weighted by molar-refractivity contribution is 6.30. The molecule has 0 aromatic heterocycles. The molecular weight excluding hydrogens is 352 g/mol. The lowest BCUT2D eigenvalue weighted by Gasteiger charge is -2.36. The van der Waals surface area contributed by atoms with Crippen LogP contribution in [0.4, 0.5) is 5.69 Å². The highest BCUT2D eigenvalue weighted by Gasteiger charge is 2.19. The molecule has 1 aliphatic heterocycles. The summed E-state index contributed by atoms with van der Waals surface area (Å²) in [6.45, 7) is 4.62. The molecule has 1 aliphatic rings. The van der Waals surface area contributed by atoms with Crippen LogP contribution < -0.4 is 14.4 Å². The van der Waals surface area contributed by atoms with E-state index in [9.17, 15) is 5.11 Å². The van der Waals surface area contributed by atoms with Crippen LogP contribution in [0.1, 0.15) is 0 Å². The molecule has 1 saturated heterocycles. The summed E-state index contributed by atoms with van der Waals surface area (Å²) in [6, 6.07) is 15.3. The maximum absolute atomic E-state index is 10.2. The number of nitrogens with zero attached hydrogens (tertiary/aromatic N) is 2. The Bertz CT molecular complexity index is 670. The molecule has 0 spiro atoms. The number of piperazine rings is 1. The third-order valence-electron chi connectivity index (χ3n) is 4.53. The van der Waals surface area contributed by atoms with E-state index in [0.717, 1.165) is 37.7 Å². The van der Waals surface area contributed by atoms with E-state index in [4.69, 9.17) is 21.1 Å². The second kappa shape index (κ2) is 9.12. The topological polar surface area (TPSA) is 45.2 Å². The second-order valence-electron chi connectivity index (χ2n) is 6.40. The van der Waals surface area contributed by atoms with Gasteiger partial charge in [0.2, 0.25) is 0 Å². The van der Waals surface area contributed by atoms with Crippen molar-refractivity contribution < 1.29 is 14.6 Å². The maximum atomic E-state index is 10.2. The van der Waals surface area contributed by atoms with E-state index in [1.165, 1.54) is 5.69 Å². The zero-order chi connectivity index (χ0) is 18.4. The average molecular weight is 377 g/mol. The SMILES string of the molecule is COc1ccc(N2CCN(C[C@@H](O)COc3ccc(Cl)cc3)CC2)cc1. The molecule has 1 N–H and O–H groups in total. The monoisotopic (exact) mass is 376 g/mol. The zero-order valence-electron chi connectivity index (χ0n) is 15.0. The van der Waals surface area contributed by atoms with E-state index in [1.807, 2.05) is 24.3 Å². The molecule has 0 radical (unpaired) electrons. The Morgan fingerprint density at radius 1 is 0.962 bits per heavy atom. The molecule has 1 fully saturated rings. The van der Waals surface area contributed by atoms with E-state index >= 15 is 0 Å². The molecule has 0 amide bonds. The first-order chi connectivity index (χ1) is 12.6. The largest absolute Gasteiger partial charge is 0.497 e. The van der Waals surface area contributed by atoms with Gasteiger partial charge in [-0.25, -0.2) is 0 Å². The van der Waals surface area contributed by atoms with Crippen molar-refractivity contribution >= 4 is 17.3 Å². The highest BCUT2D eigenvalue weighted by atomic mass is 35.5. The van der Waals surface area contributed by atoms with Gasteiger partial charge in [-0.2, -0.15) is 0 Å². The van der Waals surface area contributed by atoms with Crippen molar-refractivity contribution in [1.82, 2.24) is 4.90 Å². The van der Waals surface area contributed by atoms with Crippen LogP contribution in [0.2, 0.25) is 5.02 Å². The van der Waals surface area contributed by atoms with Gasteiger partial charge in [0.05, 0.1) is 7.11 Å². The smallest absolute Gasteiger partial charge is 0.119 e. The number of halogens is 1. The van der Waals surface area contributed by atoms with Crippen molar-refractivity contribution in [3.05, 3.63) is 53.6 Å². The van der Waals surface area contributed by atoms with E-state index < -0.39 is 6.10 Å². The normalized spacial score (nSPS) is 16.3. The Labute approximate surface area is 159 Å². The van der Waals surface area contributed by atoms with Crippen LogP contribution in [0.3, 0.4) is 0 Å². The Hall–Kier alpha value is -1.95. The quantitative estimate of drug-likeness (QED) is 0.805. The van der Waals surface area contributed by atoms with Gasteiger partial charge in [0.25, 0.3) is 0 Å². The first-order valence-corrected chi connectivity index (χ1v) is 9.19. The van der Waals surface area contributed by atoms with Crippen LogP contribution in [0.25, 0.3) is 0 Å². The molecule has 6 heteroatoms. The van der Waals surface area contributed by atoms with E-state index in [2.05, 4.69) is 21.9 Å². The predicted octanol–water partition coefficient (Wildman–Crippen LogP) is 2.91. The fourth-order valence-electron chi connectivity index (χ4n) is 3.06. The lowest BCUT2D eigenvalue weighted by molar-refractivity contribution is 0.0663. The number of methoxy groups -OCH3 is 1. The molecule has 1 atom stereocenters. The fourth-order valence-corrected chi connectivity index (χ4v) is 3.18. The van der Waals surface area contributed by atoms with Gasteiger partial charge in [0.15, 0.2) is 0 Å². The van der Waals surface area contributed by atoms with Crippen LogP contribution in [0.5, 0.6) is 11.5 Å². The van der Waals surface area contributed by atoms with E-state index in [1.54, 1.807) is 19.2 Å². The zero-order valence-corrected chi connectivity index (χ0v) is 15.7. The fraction of sp³-hybridized carbons (Fsp3) is 0.400. The number of hydrogen-bond acceptors (Lipinski definition) is 5. The van der Waals surface area contributed by atoms with Gasteiger partial charge in [-0.15, -0.1) is 0 Å². The Kier molecular flexibility index (Phi) is 6.61. The number of anilines is 1. The van der Waals surface area contributed by atoms with Crippen molar-refractivity contribution in [3.63, 3.8) is 0 Å². The minimum absolute atomic E-state index is 0.278. The number of ether oxygens (including phenoxy) is 2. The van der Waals surface area contributed by atoms with Crippen LogP contribution in [-0.4, -0.2) is 62.6 Å². The van der Waals surface area contributed by atoms with Crippen LogP contribution in [0.15, 0.2) is 48.5 Å². The van der Waals surface area contributed by atoms with Crippen LogP contribution >= 0.6 is 11.6 Å². The third kappa shape index (κ3) is 5.27. The predicted molar refractivity (Wildman–Crippen MR) is 105 cm³/mol. The molecule has 2 aromatic rings. The maximum Gasteiger partial charge on any atom is 0.119 e. The highest BCUT2D eigenvalue weighted by Crippen LogP contribution is 2.20. The molecule has 5 nitrogen and oxygen atoms in total. The molecular formula is C20H25ClN2O3. The van der Waals surface area contributed by atoms with Crippen LogP contribution in [0, 0.1) is 0 Å². The Balaban J connectivity index is 1.40. The van der Waals surface area contributed by atoms with Gasteiger partial charge in [-0.3, -0.25) is 4.90 Å². The summed E-state index contributed by atoms with van der Waals surface area (Å²) in [6.07, 6.45) is -0.516. The third-order valence-corrected chi connectivity index (χ3v) is 4.79. The van der Waals surface area contributed by atoms with E-state index in [-0.39, 0.29) is 6.61 Å². The summed E-state index contributed by atoms with van der Waals surface area (Å²) in [5.74, 6) is 1.59. The van der Waals surface area contributed by atoms with Gasteiger partial charge in [-0.05, 0) is 48.5 Å². The van der Waals surface area contributed by atoms with Gasteiger partial charge in [0.1, 0.15) is 24.2 Å². The first-order valence-electron chi connectivity index (χ1n) is 8.82. The summed E-state index contributed by atoms with van der Waals surface area (Å²) in [7, 11) is 1.68. The second-order valence-corrected chi connectivity index (χ2v) is 6.84. The standard InChI is InChI=1S/C20H25ClN2O3/c1-25-19-8-4-17(5-9-19)23-12-10-22(11-13-23)14-18(24)15-26-20-6-2-16(21)3-7-20/h2-9,18,24H,10-15H2,1H3/t18-/m1/s1. The molecule has 0 bridgehead atoms. The Morgan fingerprint density at radius 2 is 1.58 bits per heavy atom. The Morgan fingerprint density at radius 3 is 2.19 bits per heavy atom. The van der Waals surface area contributed by atoms with Crippen molar-refractivity contribution in [2.45, 2.75) is 6.10 Å². The minimum Gasteiger partial charge on any atom is -0.497 e. The van der Waals surface area contributed by atoms with E-state index in [0.29, 0.717) is 11.6 Å². The number of aliphatic hydroxyl groups excluding tert-OH is 1. The van der Waals surface area contributed by atoms with Gasteiger partial charge >= 0.3 is 0 Å². The first kappa shape index (κ1) is 18.8. The number of aliphatic hydroxyl groups is 1. The number of β-amino-alcohol motifs (C(OH)–C–C–N with tert-alkyl or cyclic N) is 1. The van der Waals surface area contributed by atoms with Gasteiger partial charge in [0, 0.05) is 43.4 Å². The molecule has 0 aliphatic carbocycles. The molecule has 140 valence electrons. The lowest BCUT2D eigenvalue weighted by atomic mass is 10.2.